The largest absolute Gasteiger partial charge is 0.387 e. The van der Waals surface area contributed by atoms with Gasteiger partial charge in [-0.2, -0.15) is 0 Å². The summed E-state index contributed by atoms with van der Waals surface area (Å²) < 4.78 is 0. The van der Waals surface area contributed by atoms with Gasteiger partial charge in [0.05, 0.1) is 6.10 Å². The highest BCUT2D eigenvalue weighted by Gasteiger charge is 2.22. The first-order chi connectivity index (χ1) is 11.2. The van der Waals surface area contributed by atoms with Gasteiger partial charge in [-0.1, -0.05) is 42.5 Å². The molecule has 0 unspecified atom stereocenters. The minimum atomic E-state index is -0.462. The van der Waals surface area contributed by atoms with Crippen LogP contribution in [-0.4, -0.2) is 28.1 Å². The standard InChI is InChI=1S/C20H22N2O/c1-14-20(17-8-4-5-9-18(17)21-14)19(23)13-22-11-10-15-6-2-3-7-16(15)12-22/h2-9,19,21,23H,10-13H2,1H3/t19-/m0/s1. The maximum absolute atomic E-state index is 10.8. The molecule has 1 aliphatic heterocycles. The van der Waals surface area contributed by atoms with Crippen molar-refractivity contribution in [3.63, 3.8) is 0 Å². The summed E-state index contributed by atoms with van der Waals surface area (Å²) in [6.07, 6.45) is 0.604. The number of para-hydroxylation sites is 1. The quantitative estimate of drug-likeness (QED) is 0.776. The number of fused-ring (bicyclic) bond motifs is 2. The minimum absolute atomic E-state index is 0.462. The average molecular weight is 306 g/mol. The van der Waals surface area contributed by atoms with Crippen molar-refractivity contribution in [3.8, 4) is 0 Å². The minimum Gasteiger partial charge on any atom is -0.387 e. The van der Waals surface area contributed by atoms with Crippen LogP contribution < -0.4 is 0 Å². The van der Waals surface area contributed by atoms with E-state index in [1.54, 1.807) is 0 Å². The molecule has 0 bridgehead atoms. The fourth-order valence-electron chi connectivity index (χ4n) is 3.77. The Labute approximate surface area is 136 Å². The van der Waals surface area contributed by atoms with Gasteiger partial charge < -0.3 is 10.1 Å². The molecule has 3 aromatic rings. The van der Waals surface area contributed by atoms with Gasteiger partial charge in [0.15, 0.2) is 0 Å². The Morgan fingerprint density at radius 1 is 1.09 bits per heavy atom. The molecule has 0 saturated heterocycles. The van der Waals surface area contributed by atoms with Crippen LogP contribution in [0.5, 0.6) is 0 Å². The van der Waals surface area contributed by atoms with Crippen molar-refractivity contribution in [1.82, 2.24) is 9.88 Å². The molecule has 3 nitrogen and oxygen atoms in total. The Bertz CT molecular complexity index is 837. The Morgan fingerprint density at radius 3 is 2.70 bits per heavy atom. The first-order valence-corrected chi connectivity index (χ1v) is 8.27. The number of rotatable bonds is 3. The normalized spacial score (nSPS) is 16.4. The van der Waals surface area contributed by atoms with Crippen molar-refractivity contribution in [3.05, 3.63) is 70.9 Å². The predicted molar refractivity (Wildman–Crippen MR) is 93.4 cm³/mol. The predicted octanol–water partition coefficient (Wildman–Crippen LogP) is 3.57. The highest BCUT2D eigenvalue weighted by atomic mass is 16.3. The first kappa shape index (κ1) is 14.5. The number of aromatic amines is 1. The van der Waals surface area contributed by atoms with Gasteiger partial charge in [-0.3, -0.25) is 4.90 Å². The number of aliphatic hydroxyl groups is 1. The molecule has 2 N–H and O–H groups in total. The number of aryl methyl sites for hydroxylation is 1. The van der Waals surface area contributed by atoms with E-state index in [4.69, 9.17) is 0 Å². The number of nitrogens with one attached hydrogen (secondary N) is 1. The van der Waals surface area contributed by atoms with Crippen LogP contribution in [-0.2, 0) is 13.0 Å². The molecule has 0 aliphatic carbocycles. The highest BCUT2D eigenvalue weighted by molar-refractivity contribution is 5.84. The van der Waals surface area contributed by atoms with Crippen molar-refractivity contribution in [2.75, 3.05) is 13.1 Å². The van der Waals surface area contributed by atoms with E-state index in [0.29, 0.717) is 6.54 Å². The SMILES string of the molecule is Cc1[nH]c2ccccc2c1[C@@H](O)CN1CCc2ccccc2C1. The maximum Gasteiger partial charge on any atom is 0.0940 e. The fraction of sp³-hybridized carbons (Fsp3) is 0.300. The molecule has 4 rings (SSSR count). The molecule has 1 atom stereocenters. The lowest BCUT2D eigenvalue weighted by Crippen LogP contribution is -2.34. The van der Waals surface area contributed by atoms with Crippen LogP contribution in [0.15, 0.2) is 48.5 Å². The molecule has 118 valence electrons. The van der Waals surface area contributed by atoms with E-state index in [0.717, 1.165) is 41.7 Å². The van der Waals surface area contributed by atoms with Crippen molar-refractivity contribution >= 4 is 10.9 Å². The third kappa shape index (κ3) is 2.67. The zero-order valence-corrected chi connectivity index (χ0v) is 13.4. The lowest BCUT2D eigenvalue weighted by molar-refractivity contribution is 0.106. The van der Waals surface area contributed by atoms with Gasteiger partial charge in [-0.05, 0) is 30.5 Å². The summed E-state index contributed by atoms with van der Waals surface area (Å²) >= 11 is 0. The molecule has 2 heterocycles. The Balaban J connectivity index is 1.56. The van der Waals surface area contributed by atoms with E-state index in [1.807, 2.05) is 19.1 Å². The van der Waals surface area contributed by atoms with E-state index in [1.165, 1.54) is 11.1 Å². The van der Waals surface area contributed by atoms with Crippen LogP contribution in [0.25, 0.3) is 10.9 Å². The topological polar surface area (TPSA) is 39.3 Å². The monoisotopic (exact) mass is 306 g/mol. The summed E-state index contributed by atoms with van der Waals surface area (Å²) in [5, 5.41) is 12.0. The van der Waals surface area contributed by atoms with Crippen LogP contribution in [0.3, 0.4) is 0 Å². The van der Waals surface area contributed by atoms with Crippen molar-refractivity contribution < 1.29 is 5.11 Å². The van der Waals surface area contributed by atoms with Gasteiger partial charge in [0.1, 0.15) is 0 Å². The number of aliphatic hydroxyl groups excluding tert-OH is 1. The smallest absolute Gasteiger partial charge is 0.0940 e. The molecule has 0 saturated carbocycles. The van der Waals surface area contributed by atoms with Gasteiger partial charge in [0.2, 0.25) is 0 Å². The summed E-state index contributed by atoms with van der Waals surface area (Å²) in [4.78, 5) is 5.74. The summed E-state index contributed by atoms with van der Waals surface area (Å²) in [7, 11) is 0. The molecule has 0 radical (unpaired) electrons. The second-order valence-electron chi connectivity index (χ2n) is 6.48. The molecular formula is C20H22N2O. The van der Waals surface area contributed by atoms with Crippen LogP contribution in [0.2, 0.25) is 0 Å². The average Bonchev–Trinajstić information content (AvgIpc) is 2.90. The molecule has 1 aromatic heterocycles. The zero-order valence-electron chi connectivity index (χ0n) is 13.4. The van der Waals surface area contributed by atoms with Gasteiger partial charge in [-0.15, -0.1) is 0 Å². The van der Waals surface area contributed by atoms with Crippen molar-refractivity contribution in [1.29, 1.82) is 0 Å². The molecule has 2 aromatic carbocycles. The van der Waals surface area contributed by atoms with Gasteiger partial charge >= 0.3 is 0 Å². The fourth-order valence-corrected chi connectivity index (χ4v) is 3.77. The van der Waals surface area contributed by atoms with E-state index in [2.05, 4.69) is 46.3 Å². The molecule has 0 amide bonds. The molecule has 0 spiro atoms. The number of β-amino-alcohol motifs (C(OH)–C–C–N with tert-alkyl or cyclic N) is 1. The van der Waals surface area contributed by atoms with E-state index in [9.17, 15) is 5.11 Å². The number of hydrogen-bond donors (Lipinski definition) is 2. The van der Waals surface area contributed by atoms with Gasteiger partial charge in [0.25, 0.3) is 0 Å². The second kappa shape index (κ2) is 5.84. The lowest BCUT2D eigenvalue weighted by Gasteiger charge is -2.30. The van der Waals surface area contributed by atoms with Crippen molar-refractivity contribution in [2.24, 2.45) is 0 Å². The Morgan fingerprint density at radius 2 is 1.83 bits per heavy atom. The van der Waals surface area contributed by atoms with Crippen LogP contribution in [0, 0.1) is 6.92 Å². The van der Waals surface area contributed by atoms with Gasteiger partial charge in [-0.25, -0.2) is 0 Å². The lowest BCUT2D eigenvalue weighted by atomic mass is 9.98. The van der Waals surface area contributed by atoms with Crippen LogP contribution in [0.1, 0.15) is 28.5 Å². The summed E-state index contributed by atoms with van der Waals surface area (Å²) in [6, 6.07) is 16.8. The molecular weight excluding hydrogens is 284 g/mol. The van der Waals surface area contributed by atoms with Crippen molar-refractivity contribution in [2.45, 2.75) is 26.0 Å². The maximum atomic E-state index is 10.8. The number of hydrogen-bond acceptors (Lipinski definition) is 2. The zero-order chi connectivity index (χ0) is 15.8. The molecule has 23 heavy (non-hydrogen) atoms. The summed E-state index contributed by atoms with van der Waals surface area (Å²) in [5.41, 5.74) is 6.04. The second-order valence-corrected chi connectivity index (χ2v) is 6.48. The summed E-state index contributed by atoms with van der Waals surface area (Å²) in [6.45, 7) is 4.66. The van der Waals surface area contributed by atoms with Gasteiger partial charge in [0, 0.05) is 41.8 Å². The molecule has 0 fully saturated rings. The molecule has 1 aliphatic rings. The number of aromatic nitrogens is 1. The third-order valence-corrected chi connectivity index (χ3v) is 4.92. The molecule has 3 heteroatoms. The van der Waals surface area contributed by atoms with E-state index in [-0.39, 0.29) is 0 Å². The summed E-state index contributed by atoms with van der Waals surface area (Å²) in [5.74, 6) is 0. The van der Waals surface area contributed by atoms with Crippen LogP contribution in [0.4, 0.5) is 0 Å². The van der Waals surface area contributed by atoms with E-state index < -0.39 is 6.10 Å². The Hall–Kier alpha value is -2.10. The van der Waals surface area contributed by atoms with E-state index >= 15 is 0 Å². The third-order valence-electron chi connectivity index (χ3n) is 4.92. The number of benzene rings is 2. The highest BCUT2D eigenvalue weighted by Crippen LogP contribution is 2.29. The number of nitrogens with zero attached hydrogens (tertiary/aromatic N) is 1. The first-order valence-electron chi connectivity index (χ1n) is 8.27. The number of H-pyrrole nitrogens is 1. The van der Waals surface area contributed by atoms with Crippen LogP contribution >= 0.6 is 0 Å². The Kier molecular flexibility index (Phi) is 3.68.